The first kappa shape index (κ1) is 14.8. The number of carbonyl (C=O) groups excluding carboxylic acids is 1. The van der Waals surface area contributed by atoms with Crippen LogP contribution in [0.5, 0.6) is 0 Å². The Morgan fingerprint density at radius 3 is 2.86 bits per heavy atom. The molecule has 106 valence electrons. The first-order valence-corrected chi connectivity index (χ1v) is 6.59. The third-order valence-corrected chi connectivity index (χ3v) is 2.81. The van der Waals surface area contributed by atoms with Crippen LogP contribution in [0.3, 0.4) is 0 Å². The van der Waals surface area contributed by atoms with Crippen LogP contribution in [0.4, 0.5) is 0 Å². The number of aryl methyl sites for hydroxylation is 1. The number of nitrogens with one attached hydrogen (secondary N) is 1. The molecular formula is C17H16N2O2. The molecule has 1 amide bonds. The van der Waals surface area contributed by atoms with Gasteiger partial charge >= 0.3 is 0 Å². The standard InChI is InChI=1S/C17H16N2O2/c1-13-5-2-9-16(19-13)17(21)18-12-15-7-3-6-14(11-15)8-4-10-20/h2-3,5-7,9,11,20H,10,12H2,1H3,(H,18,21). The number of aliphatic hydroxyl groups is 1. The van der Waals surface area contributed by atoms with Gasteiger partial charge in [-0.2, -0.15) is 0 Å². The number of rotatable bonds is 3. The van der Waals surface area contributed by atoms with E-state index in [-0.39, 0.29) is 12.5 Å². The van der Waals surface area contributed by atoms with Gasteiger partial charge in [0, 0.05) is 17.8 Å². The van der Waals surface area contributed by atoms with E-state index in [4.69, 9.17) is 5.11 Å². The molecule has 1 heterocycles. The second-order valence-corrected chi connectivity index (χ2v) is 4.51. The molecule has 0 atom stereocenters. The van der Waals surface area contributed by atoms with E-state index < -0.39 is 0 Å². The Bertz CT molecular complexity index is 699. The summed E-state index contributed by atoms with van der Waals surface area (Å²) in [6.07, 6.45) is 0. The summed E-state index contributed by atoms with van der Waals surface area (Å²) < 4.78 is 0. The van der Waals surface area contributed by atoms with Crippen LogP contribution in [-0.2, 0) is 6.54 Å². The van der Waals surface area contributed by atoms with Gasteiger partial charge in [-0.25, -0.2) is 4.98 Å². The Labute approximate surface area is 123 Å². The Morgan fingerprint density at radius 2 is 2.10 bits per heavy atom. The van der Waals surface area contributed by atoms with Crippen molar-refractivity contribution >= 4 is 5.91 Å². The molecule has 0 aliphatic rings. The minimum Gasteiger partial charge on any atom is -0.384 e. The number of hydrogen-bond acceptors (Lipinski definition) is 3. The van der Waals surface area contributed by atoms with Crippen LogP contribution in [0.1, 0.15) is 27.3 Å². The van der Waals surface area contributed by atoms with E-state index in [0.717, 1.165) is 16.8 Å². The first-order chi connectivity index (χ1) is 10.2. The van der Waals surface area contributed by atoms with Crippen molar-refractivity contribution < 1.29 is 9.90 Å². The number of benzene rings is 1. The summed E-state index contributed by atoms with van der Waals surface area (Å²) in [6.45, 7) is 2.09. The van der Waals surface area contributed by atoms with Gasteiger partial charge in [-0.3, -0.25) is 4.79 Å². The maximum atomic E-state index is 12.0. The average Bonchev–Trinajstić information content (AvgIpc) is 2.51. The van der Waals surface area contributed by atoms with E-state index in [1.807, 2.05) is 43.3 Å². The largest absolute Gasteiger partial charge is 0.384 e. The Kier molecular flexibility index (Phi) is 5.08. The molecule has 4 heteroatoms. The second-order valence-electron chi connectivity index (χ2n) is 4.51. The van der Waals surface area contributed by atoms with Gasteiger partial charge in [0.15, 0.2) is 0 Å². The fourth-order valence-electron chi connectivity index (χ4n) is 1.84. The Balaban J connectivity index is 2.01. The van der Waals surface area contributed by atoms with E-state index in [1.165, 1.54) is 0 Å². The van der Waals surface area contributed by atoms with Crippen molar-refractivity contribution in [2.45, 2.75) is 13.5 Å². The van der Waals surface area contributed by atoms with Gasteiger partial charge in [0.25, 0.3) is 5.91 Å². The lowest BCUT2D eigenvalue weighted by Gasteiger charge is -2.06. The molecule has 0 fully saturated rings. The highest BCUT2D eigenvalue weighted by molar-refractivity contribution is 5.92. The highest BCUT2D eigenvalue weighted by Gasteiger charge is 2.06. The molecule has 2 rings (SSSR count). The zero-order valence-electron chi connectivity index (χ0n) is 11.8. The summed E-state index contributed by atoms with van der Waals surface area (Å²) in [5.41, 5.74) is 2.97. The van der Waals surface area contributed by atoms with Crippen molar-refractivity contribution in [3.8, 4) is 11.8 Å². The second kappa shape index (κ2) is 7.22. The Hall–Kier alpha value is -2.64. The third kappa shape index (κ3) is 4.44. The number of aliphatic hydroxyl groups excluding tert-OH is 1. The summed E-state index contributed by atoms with van der Waals surface area (Å²) in [5.74, 6) is 5.23. The molecule has 4 nitrogen and oxygen atoms in total. The van der Waals surface area contributed by atoms with Gasteiger partial charge in [0.1, 0.15) is 12.3 Å². The van der Waals surface area contributed by atoms with Crippen LogP contribution in [0.2, 0.25) is 0 Å². The number of amides is 1. The van der Waals surface area contributed by atoms with Crippen LogP contribution in [0, 0.1) is 18.8 Å². The van der Waals surface area contributed by atoms with Crippen molar-refractivity contribution in [3.63, 3.8) is 0 Å². The van der Waals surface area contributed by atoms with Crippen LogP contribution in [0.15, 0.2) is 42.5 Å². The fourth-order valence-corrected chi connectivity index (χ4v) is 1.84. The average molecular weight is 280 g/mol. The molecule has 0 saturated carbocycles. The minimum absolute atomic E-state index is 0.167. The molecule has 2 aromatic rings. The van der Waals surface area contributed by atoms with Crippen LogP contribution < -0.4 is 5.32 Å². The van der Waals surface area contributed by atoms with Gasteiger partial charge in [-0.15, -0.1) is 0 Å². The van der Waals surface area contributed by atoms with Gasteiger partial charge in [-0.05, 0) is 36.8 Å². The van der Waals surface area contributed by atoms with E-state index in [0.29, 0.717) is 12.2 Å². The van der Waals surface area contributed by atoms with E-state index >= 15 is 0 Å². The van der Waals surface area contributed by atoms with Gasteiger partial charge < -0.3 is 10.4 Å². The minimum atomic E-state index is -0.203. The molecule has 0 bridgehead atoms. The number of aromatic nitrogens is 1. The topological polar surface area (TPSA) is 62.2 Å². The number of nitrogens with zero attached hydrogens (tertiary/aromatic N) is 1. The predicted octanol–water partition coefficient (Wildman–Crippen LogP) is 1.66. The maximum Gasteiger partial charge on any atom is 0.270 e. The van der Waals surface area contributed by atoms with Crippen LogP contribution in [0.25, 0.3) is 0 Å². The summed E-state index contributed by atoms with van der Waals surface area (Å²) in [5, 5.41) is 11.5. The molecule has 1 aromatic carbocycles. The van der Waals surface area contributed by atoms with E-state index in [1.54, 1.807) is 6.07 Å². The zero-order valence-corrected chi connectivity index (χ0v) is 11.8. The molecule has 0 radical (unpaired) electrons. The predicted molar refractivity (Wildman–Crippen MR) is 80.6 cm³/mol. The van der Waals surface area contributed by atoms with Crippen molar-refractivity contribution in [1.29, 1.82) is 0 Å². The van der Waals surface area contributed by atoms with Crippen LogP contribution >= 0.6 is 0 Å². The van der Waals surface area contributed by atoms with Gasteiger partial charge in [0.05, 0.1) is 0 Å². The molecule has 21 heavy (non-hydrogen) atoms. The lowest BCUT2D eigenvalue weighted by Crippen LogP contribution is -2.23. The highest BCUT2D eigenvalue weighted by Crippen LogP contribution is 2.05. The molecule has 0 aliphatic heterocycles. The SMILES string of the molecule is Cc1cccc(C(=O)NCc2cccc(C#CCO)c2)n1. The molecule has 0 unspecified atom stereocenters. The van der Waals surface area contributed by atoms with Gasteiger partial charge in [0.2, 0.25) is 0 Å². The van der Waals surface area contributed by atoms with Crippen molar-refractivity contribution in [3.05, 3.63) is 65.0 Å². The quantitative estimate of drug-likeness (QED) is 0.841. The van der Waals surface area contributed by atoms with Gasteiger partial charge in [-0.1, -0.05) is 30.0 Å². The molecule has 0 spiro atoms. The van der Waals surface area contributed by atoms with Crippen molar-refractivity contribution in [1.82, 2.24) is 10.3 Å². The molecule has 0 saturated heterocycles. The van der Waals surface area contributed by atoms with E-state index in [2.05, 4.69) is 22.1 Å². The summed E-state index contributed by atoms with van der Waals surface area (Å²) in [7, 11) is 0. The molecule has 1 aromatic heterocycles. The van der Waals surface area contributed by atoms with Crippen LogP contribution in [-0.4, -0.2) is 22.6 Å². The fraction of sp³-hybridized carbons (Fsp3) is 0.176. The number of pyridine rings is 1. The van der Waals surface area contributed by atoms with E-state index in [9.17, 15) is 4.79 Å². The Morgan fingerprint density at radius 1 is 1.29 bits per heavy atom. The lowest BCUT2D eigenvalue weighted by atomic mass is 10.1. The summed E-state index contributed by atoms with van der Waals surface area (Å²) in [6, 6.07) is 12.9. The smallest absolute Gasteiger partial charge is 0.270 e. The maximum absolute atomic E-state index is 12.0. The third-order valence-electron chi connectivity index (χ3n) is 2.81. The van der Waals surface area contributed by atoms with Crippen molar-refractivity contribution in [2.75, 3.05) is 6.61 Å². The first-order valence-electron chi connectivity index (χ1n) is 6.59. The molecular weight excluding hydrogens is 264 g/mol. The molecule has 2 N–H and O–H groups in total. The number of hydrogen-bond donors (Lipinski definition) is 2. The normalized spacial score (nSPS) is 9.62. The summed E-state index contributed by atoms with van der Waals surface area (Å²) >= 11 is 0. The number of carbonyl (C=O) groups is 1. The lowest BCUT2D eigenvalue weighted by molar-refractivity contribution is 0.0945. The zero-order chi connectivity index (χ0) is 15.1. The van der Waals surface area contributed by atoms with Crippen molar-refractivity contribution in [2.24, 2.45) is 0 Å². The summed E-state index contributed by atoms with van der Waals surface area (Å²) in [4.78, 5) is 16.2. The monoisotopic (exact) mass is 280 g/mol. The molecule has 0 aliphatic carbocycles. The highest BCUT2D eigenvalue weighted by atomic mass is 16.2.